The molecule has 0 aliphatic rings. The van der Waals surface area contributed by atoms with Gasteiger partial charge in [-0.2, -0.15) is 0 Å². The van der Waals surface area contributed by atoms with Crippen LogP contribution in [0.4, 0.5) is 10.2 Å². The summed E-state index contributed by atoms with van der Waals surface area (Å²) in [6.45, 7) is 0. The molecule has 0 saturated heterocycles. The number of ether oxygens (including phenoxy) is 1. The van der Waals surface area contributed by atoms with Crippen molar-refractivity contribution < 1.29 is 19.0 Å². The number of nitro groups is 1. The van der Waals surface area contributed by atoms with Gasteiger partial charge in [-0.05, 0) is 12.1 Å². The zero-order valence-electron chi connectivity index (χ0n) is 8.59. The minimum absolute atomic E-state index is 0.0646. The fourth-order valence-electron chi connectivity index (χ4n) is 1.23. The summed E-state index contributed by atoms with van der Waals surface area (Å²) in [6, 6.07) is 8.55. The van der Waals surface area contributed by atoms with Crippen molar-refractivity contribution in [1.82, 2.24) is 0 Å². The summed E-state index contributed by atoms with van der Waals surface area (Å²) < 4.78 is 18.5. The molecular formula is C11H8FN2O3+. The molecule has 0 atom stereocenters. The van der Waals surface area contributed by atoms with Gasteiger partial charge in [0.25, 0.3) is 0 Å². The van der Waals surface area contributed by atoms with Crippen molar-refractivity contribution in [2.45, 2.75) is 0 Å². The number of nitrogens with zero attached hydrogens (tertiary/aromatic N) is 1. The van der Waals surface area contributed by atoms with Crippen LogP contribution in [0.2, 0.25) is 0 Å². The Morgan fingerprint density at radius 3 is 2.59 bits per heavy atom. The van der Waals surface area contributed by atoms with E-state index in [1.807, 2.05) is 0 Å². The Balaban J connectivity index is 2.20. The van der Waals surface area contributed by atoms with Gasteiger partial charge in [0.15, 0.2) is 17.3 Å². The molecule has 1 aromatic carbocycles. The lowest BCUT2D eigenvalue weighted by Gasteiger charge is -2.03. The molecule has 1 heterocycles. The van der Waals surface area contributed by atoms with Gasteiger partial charge in [0, 0.05) is 6.07 Å². The number of hydrogen-bond donors (Lipinski definition) is 0. The number of pyridine rings is 1. The number of rotatable bonds is 3. The van der Waals surface area contributed by atoms with Gasteiger partial charge in [0.2, 0.25) is 6.20 Å². The van der Waals surface area contributed by atoms with Gasteiger partial charge < -0.3 is 4.74 Å². The number of nitrogens with one attached hydrogen (secondary N) is 1. The third-order valence-electron chi connectivity index (χ3n) is 2.03. The van der Waals surface area contributed by atoms with E-state index in [9.17, 15) is 14.5 Å². The Hall–Kier alpha value is -2.50. The van der Waals surface area contributed by atoms with Crippen molar-refractivity contribution in [2.24, 2.45) is 0 Å². The van der Waals surface area contributed by atoms with E-state index in [4.69, 9.17) is 4.74 Å². The van der Waals surface area contributed by atoms with E-state index in [1.54, 1.807) is 12.1 Å². The van der Waals surface area contributed by atoms with E-state index in [2.05, 4.69) is 4.98 Å². The average molecular weight is 235 g/mol. The monoisotopic (exact) mass is 235 g/mol. The molecule has 0 aliphatic heterocycles. The van der Waals surface area contributed by atoms with Crippen LogP contribution in [0, 0.1) is 15.9 Å². The molecule has 0 bridgehead atoms. The summed E-state index contributed by atoms with van der Waals surface area (Å²) in [6.07, 6.45) is 1.30. The van der Waals surface area contributed by atoms with Gasteiger partial charge in [0.1, 0.15) is 4.92 Å². The Labute approximate surface area is 95.6 Å². The molecule has 0 fully saturated rings. The number of halogens is 1. The Kier molecular flexibility index (Phi) is 2.95. The molecule has 17 heavy (non-hydrogen) atoms. The van der Waals surface area contributed by atoms with Crippen molar-refractivity contribution in [1.29, 1.82) is 0 Å². The van der Waals surface area contributed by atoms with Crippen molar-refractivity contribution >= 4 is 5.82 Å². The van der Waals surface area contributed by atoms with E-state index in [0.717, 1.165) is 0 Å². The predicted octanol–water partition coefficient (Wildman–Crippen LogP) is 2.34. The number of aromatic nitrogens is 1. The van der Waals surface area contributed by atoms with E-state index in [-0.39, 0.29) is 11.6 Å². The van der Waals surface area contributed by atoms with Gasteiger partial charge in [-0.1, -0.05) is 12.1 Å². The third kappa shape index (κ3) is 2.54. The molecule has 0 spiro atoms. The van der Waals surface area contributed by atoms with Crippen LogP contribution in [-0.4, -0.2) is 4.92 Å². The van der Waals surface area contributed by atoms with Gasteiger partial charge >= 0.3 is 5.82 Å². The fourth-order valence-corrected chi connectivity index (χ4v) is 1.23. The predicted molar refractivity (Wildman–Crippen MR) is 56.1 cm³/mol. The summed E-state index contributed by atoms with van der Waals surface area (Å²) in [4.78, 5) is 12.3. The lowest BCUT2D eigenvalue weighted by atomic mass is 10.3. The zero-order valence-corrected chi connectivity index (χ0v) is 8.59. The molecule has 0 aliphatic carbocycles. The second-order valence-corrected chi connectivity index (χ2v) is 3.20. The average Bonchev–Trinajstić information content (AvgIpc) is 2.33. The molecular weight excluding hydrogens is 227 g/mol. The normalized spacial score (nSPS) is 9.94. The van der Waals surface area contributed by atoms with Gasteiger partial charge in [-0.15, -0.1) is 4.98 Å². The number of aromatic amines is 1. The smallest absolute Gasteiger partial charge is 0.448 e. The van der Waals surface area contributed by atoms with Gasteiger partial charge in [-0.25, -0.2) is 4.39 Å². The van der Waals surface area contributed by atoms with Crippen LogP contribution in [0.5, 0.6) is 11.5 Å². The van der Waals surface area contributed by atoms with Crippen LogP contribution in [0.15, 0.2) is 42.6 Å². The molecule has 1 N–H and O–H groups in total. The minimum Gasteiger partial charge on any atom is -0.448 e. The first-order chi connectivity index (χ1) is 8.16. The summed E-state index contributed by atoms with van der Waals surface area (Å²) in [7, 11) is 0. The first-order valence-corrected chi connectivity index (χ1v) is 4.75. The quantitative estimate of drug-likeness (QED) is 0.605. The molecule has 0 saturated carbocycles. The van der Waals surface area contributed by atoms with Crippen LogP contribution in [0.25, 0.3) is 0 Å². The van der Waals surface area contributed by atoms with Crippen LogP contribution >= 0.6 is 0 Å². The molecule has 0 amide bonds. The molecule has 2 rings (SSSR count). The van der Waals surface area contributed by atoms with Crippen molar-refractivity contribution in [3.8, 4) is 11.5 Å². The van der Waals surface area contributed by atoms with E-state index >= 15 is 0 Å². The lowest BCUT2D eigenvalue weighted by molar-refractivity contribution is -0.527. The molecule has 0 unspecified atom stereocenters. The van der Waals surface area contributed by atoms with Crippen molar-refractivity contribution in [3.05, 3.63) is 58.5 Å². The Bertz CT molecular complexity index is 543. The maximum Gasteiger partial charge on any atom is 0.500 e. The molecule has 5 nitrogen and oxygen atoms in total. The first kappa shape index (κ1) is 11.0. The first-order valence-electron chi connectivity index (χ1n) is 4.75. The van der Waals surface area contributed by atoms with E-state index in [1.165, 1.54) is 30.5 Å². The zero-order chi connectivity index (χ0) is 12.3. The van der Waals surface area contributed by atoms with Crippen LogP contribution in [0.3, 0.4) is 0 Å². The summed E-state index contributed by atoms with van der Waals surface area (Å²) in [5, 5.41) is 10.4. The topological polar surface area (TPSA) is 66.5 Å². The summed E-state index contributed by atoms with van der Waals surface area (Å²) in [5.74, 6) is -0.299. The highest BCUT2D eigenvalue weighted by Crippen LogP contribution is 2.23. The molecule has 0 radical (unpaired) electrons. The highest BCUT2D eigenvalue weighted by molar-refractivity contribution is 5.30. The molecule has 2 aromatic rings. The largest absolute Gasteiger partial charge is 0.500 e. The molecule has 1 aromatic heterocycles. The second kappa shape index (κ2) is 4.56. The van der Waals surface area contributed by atoms with Crippen LogP contribution in [-0.2, 0) is 0 Å². The fraction of sp³-hybridized carbons (Fsp3) is 0. The summed E-state index contributed by atoms with van der Waals surface area (Å²) in [5.41, 5.74) is 0. The number of benzene rings is 1. The highest BCUT2D eigenvalue weighted by Gasteiger charge is 2.14. The second-order valence-electron chi connectivity index (χ2n) is 3.20. The van der Waals surface area contributed by atoms with E-state index < -0.39 is 10.7 Å². The van der Waals surface area contributed by atoms with Crippen LogP contribution < -0.4 is 9.72 Å². The number of para-hydroxylation sites is 1. The van der Waals surface area contributed by atoms with Crippen molar-refractivity contribution in [3.63, 3.8) is 0 Å². The van der Waals surface area contributed by atoms with Crippen molar-refractivity contribution in [2.75, 3.05) is 0 Å². The summed E-state index contributed by atoms with van der Waals surface area (Å²) >= 11 is 0. The SMILES string of the molecule is O=[N+]([O-])c1ccc(Oc2ccccc2F)c[nH+]1. The maximum atomic E-state index is 13.2. The lowest BCUT2D eigenvalue weighted by Crippen LogP contribution is -2.09. The molecule has 6 heteroatoms. The van der Waals surface area contributed by atoms with Gasteiger partial charge in [0.05, 0.1) is 6.07 Å². The number of hydrogen-bond acceptors (Lipinski definition) is 3. The standard InChI is InChI=1S/C11H7FN2O3/c12-9-3-1-2-4-10(9)17-8-5-6-11(13-7-8)14(15)16/h1-7H/p+1. The number of H-pyrrole nitrogens is 1. The maximum absolute atomic E-state index is 13.2. The van der Waals surface area contributed by atoms with Gasteiger partial charge in [-0.3, -0.25) is 10.1 Å². The minimum atomic E-state index is -0.563. The Morgan fingerprint density at radius 1 is 1.24 bits per heavy atom. The third-order valence-corrected chi connectivity index (χ3v) is 2.03. The van der Waals surface area contributed by atoms with Crippen LogP contribution in [0.1, 0.15) is 0 Å². The Morgan fingerprint density at radius 2 is 2.00 bits per heavy atom. The highest BCUT2D eigenvalue weighted by atomic mass is 19.1. The molecule has 86 valence electrons. The van der Waals surface area contributed by atoms with E-state index in [0.29, 0.717) is 5.75 Å².